The summed E-state index contributed by atoms with van der Waals surface area (Å²) in [4.78, 5) is 25.9. The van der Waals surface area contributed by atoms with Crippen LogP contribution in [-0.4, -0.2) is 107 Å². The van der Waals surface area contributed by atoms with Crippen LogP contribution in [-0.2, 0) is 43.0 Å². The zero-order chi connectivity index (χ0) is 51.5. The van der Waals surface area contributed by atoms with E-state index in [1.54, 1.807) is 105 Å². The molecule has 0 aliphatic heterocycles. The number of hydrogen-bond donors (Lipinski definition) is 2. The van der Waals surface area contributed by atoms with Gasteiger partial charge in [0.25, 0.3) is 20.0 Å². The molecule has 0 aliphatic rings. The molecule has 366 valence electrons. The van der Waals surface area contributed by atoms with Gasteiger partial charge in [-0.3, -0.25) is 9.36 Å². The van der Waals surface area contributed by atoms with E-state index in [2.05, 4.69) is 51.5 Å². The fourth-order valence-electron chi connectivity index (χ4n) is 7.51. The van der Waals surface area contributed by atoms with Gasteiger partial charge in [-0.1, -0.05) is 36.4 Å². The zero-order valence-electron chi connectivity index (χ0n) is 38.4. The number of anilines is 1. The smallest absolute Gasteiger partial charge is 0.269 e. The van der Waals surface area contributed by atoms with Crippen LogP contribution in [0.3, 0.4) is 0 Å². The second-order valence-electron chi connectivity index (χ2n) is 16.1. The van der Waals surface area contributed by atoms with E-state index in [4.69, 9.17) is 5.26 Å². The molecule has 22 nitrogen and oxygen atoms in total. The Balaban J connectivity index is 0.000000180. The molecule has 0 spiro atoms. The van der Waals surface area contributed by atoms with Crippen molar-refractivity contribution in [2.45, 2.75) is 41.1 Å². The number of benzene rings is 2. The van der Waals surface area contributed by atoms with Gasteiger partial charge in [0.2, 0.25) is 20.9 Å². The molecule has 0 bridgehead atoms. The summed E-state index contributed by atoms with van der Waals surface area (Å²) in [5.41, 5.74) is 4.60. The SMILES string of the molecule is CS(=O)(=O)c1nccc(-c2cn(CC#N)nc2-c2cnc3c(ccn3S(=O)(=O)c3ccccc3)c2)n1.C[C@H](O)CNc1nccc(-c2cn(CC#N)nc2-c2cnc3c(ccn3S(=O)(=O)c3ccccc3)c2)n1. The molecule has 8 aromatic heterocycles. The number of fused-ring (bicyclic) bond motifs is 2. The van der Waals surface area contributed by atoms with Crippen molar-refractivity contribution in [1.82, 2.24) is 57.4 Å². The molecule has 25 heteroatoms. The van der Waals surface area contributed by atoms with Crippen LogP contribution >= 0.6 is 0 Å². The third kappa shape index (κ3) is 10.1. The average Bonchev–Trinajstić information content (AvgIpc) is 4.22. The topological polar surface area (TPSA) is 305 Å². The maximum Gasteiger partial charge on any atom is 0.269 e. The molecule has 10 rings (SSSR count). The minimum Gasteiger partial charge on any atom is -0.392 e. The highest BCUT2D eigenvalue weighted by molar-refractivity contribution is 7.90. The van der Waals surface area contributed by atoms with Crippen LogP contribution in [0.2, 0.25) is 0 Å². The van der Waals surface area contributed by atoms with E-state index in [0.717, 1.165) is 14.2 Å². The minimum atomic E-state index is -3.85. The fraction of sp³-hybridized carbons (Fsp3) is 0.125. The standard InChI is InChI=1S/C25H22N8O3S.C23H17N7O4S2/c1-17(34)14-29-25-27-10-7-22(30-25)21-16-32(12-9-26)31-23(21)19-13-18-8-11-33(24(18)28-15-19)37(35,36)20-5-3-2-4-6-20;1-35(31,32)23-25-10-7-20(27-23)19-15-29(12-9-24)28-21(19)17-13-16-8-11-30(22(16)26-14-17)36(33,34)18-5-3-2-4-6-18/h2-8,10-11,13,15-17,34H,12,14H2,1H3,(H,27,29,30);2-8,10-11,13-15H,12H2,1H3/t17-;/m0./s1. The summed E-state index contributed by atoms with van der Waals surface area (Å²) in [6, 6.07) is 30.4. The van der Waals surface area contributed by atoms with E-state index >= 15 is 0 Å². The lowest BCUT2D eigenvalue weighted by Gasteiger charge is -2.09. The second kappa shape index (κ2) is 20.0. The molecule has 0 fully saturated rings. The molecule has 10 aromatic rings. The van der Waals surface area contributed by atoms with E-state index in [0.29, 0.717) is 61.8 Å². The molecule has 2 aromatic carbocycles. The van der Waals surface area contributed by atoms with Gasteiger partial charge in [-0.05, 0) is 67.6 Å². The van der Waals surface area contributed by atoms with Gasteiger partial charge in [0, 0.05) is 95.4 Å². The maximum atomic E-state index is 13.1. The predicted octanol–water partition coefficient (Wildman–Crippen LogP) is 5.43. The molecular formula is C48H39N15O7S3. The molecule has 0 unspecified atom stereocenters. The van der Waals surface area contributed by atoms with Crippen molar-refractivity contribution in [2.24, 2.45) is 0 Å². The lowest BCUT2D eigenvalue weighted by molar-refractivity contribution is 0.208. The number of aromatic nitrogens is 12. The Labute approximate surface area is 417 Å². The summed E-state index contributed by atoms with van der Waals surface area (Å²) in [7, 11) is -11.3. The van der Waals surface area contributed by atoms with Crippen molar-refractivity contribution in [2.75, 3.05) is 18.1 Å². The number of rotatable bonds is 14. The van der Waals surface area contributed by atoms with Crippen LogP contribution in [0, 0.1) is 22.7 Å². The Kier molecular flexibility index (Phi) is 13.4. The first-order valence-corrected chi connectivity index (χ1v) is 26.6. The highest BCUT2D eigenvalue weighted by Gasteiger charge is 2.24. The van der Waals surface area contributed by atoms with Gasteiger partial charge in [0.1, 0.15) is 24.5 Å². The molecular weight excluding hydrogens is 995 g/mol. The second-order valence-corrected chi connectivity index (χ2v) is 21.7. The largest absolute Gasteiger partial charge is 0.392 e. The van der Waals surface area contributed by atoms with E-state index in [9.17, 15) is 35.6 Å². The van der Waals surface area contributed by atoms with Crippen LogP contribution in [0.1, 0.15) is 6.92 Å². The number of pyridine rings is 2. The monoisotopic (exact) mass is 1030 g/mol. The van der Waals surface area contributed by atoms with Crippen LogP contribution in [0.15, 0.2) is 162 Å². The minimum absolute atomic E-state index is 0.0343. The number of nitrogens with one attached hydrogen (secondary N) is 1. The molecule has 0 aliphatic carbocycles. The summed E-state index contributed by atoms with van der Waals surface area (Å²) >= 11 is 0. The number of aliphatic hydroxyl groups is 1. The van der Waals surface area contributed by atoms with Gasteiger partial charge >= 0.3 is 0 Å². The van der Waals surface area contributed by atoms with Crippen molar-refractivity contribution < 1.29 is 30.4 Å². The number of hydrogen-bond acceptors (Lipinski definition) is 18. The Bertz CT molecular complexity index is 4130. The third-order valence-corrected chi connectivity index (χ3v) is 15.1. The summed E-state index contributed by atoms with van der Waals surface area (Å²) in [6.07, 6.45) is 12.6. The number of nitrogens with zero attached hydrogens (tertiary/aromatic N) is 14. The van der Waals surface area contributed by atoms with E-state index < -0.39 is 36.0 Å². The van der Waals surface area contributed by atoms with Crippen LogP contribution in [0.5, 0.6) is 0 Å². The van der Waals surface area contributed by atoms with Crippen LogP contribution in [0.25, 0.3) is 67.1 Å². The summed E-state index contributed by atoms with van der Waals surface area (Å²) < 4.78 is 81.6. The van der Waals surface area contributed by atoms with Gasteiger partial charge in [-0.15, -0.1) is 0 Å². The summed E-state index contributed by atoms with van der Waals surface area (Å²) in [6.45, 7) is 1.93. The van der Waals surface area contributed by atoms with Gasteiger partial charge in [-0.25, -0.2) is 63.1 Å². The van der Waals surface area contributed by atoms with Crippen molar-refractivity contribution in [1.29, 1.82) is 10.5 Å². The van der Waals surface area contributed by atoms with Crippen molar-refractivity contribution in [3.63, 3.8) is 0 Å². The molecule has 0 radical (unpaired) electrons. The molecule has 0 saturated heterocycles. The normalized spacial score (nSPS) is 12.2. The summed E-state index contributed by atoms with van der Waals surface area (Å²) in [5.74, 6) is 0.342. The zero-order valence-corrected chi connectivity index (χ0v) is 40.9. The highest BCUT2D eigenvalue weighted by atomic mass is 32.2. The number of sulfone groups is 1. The predicted molar refractivity (Wildman–Crippen MR) is 267 cm³/mol. The average molecular weight is 1030 g/mol. The summed E-state index contributed by atoms with van der Waals surface area (Å²) in [5, 5.41) is 40.7. The van der Waals surface area contributed by atoms with Crippen molar-refractivity contribution in [3.8, 4) is 57.2 Å². The quantitative estimate of drug-likeness (QED) is 0.128. The van der Waals surface area contributed by atoms with E-state index in [1.807, 2.05) is 6.07 Å². The van der Waals surface area contributed by atoms with Crippen molar-refractivity contribution >= 4 is 57.9 Å². The lowest BCUT2D eigenvalue weighted by Crippen LogP contribution is -2.16. The maximum absolute atomic E-state index is 13.1. The van der Waals surface area contributed by atoms with Crippen LogP contribution in [0.4, 0.5) is 5.95 Å². The number of aliphatic hydroxyl groups excluding tert-OH is 1. The fourth-order valence-corrected chi connectivity index (χ4v) is 10.7. The van der Waals surface area contributed by atoms with Gasteiger partial charge < -0.3 is 10.4 Å². The van der Waals surface area contributed by atoms with Gasteiger partial charge in [0.15, 0.2) is 11.3 Å². The van der Waals surface area contributed by atoms with E-state index in [-0.39, 0.29) is 45.9 Å². The first-order chi connectivity index (χ1) is 35.0. The third-order valence-electron chi connectivity index (χ3n) is 10.9. The highest BCUT2D eigenvalue weighted by Crippen LogP contribution is 2.34. The molecule has 0 amide bonds. The molecule has 2 N–H and O–H groups in total. The Hall–Kier alpha value is -9.01. The Morgan fingerprint density at radius 3 is 1.55 bits per heavy atom. The first-order valence-electron chi connectivity index (χ1n) is 21.8. The van der Waals surface area contributed by atoms with Gasteiger partial charge in [0.05, 0.1) is 39.4 Å². The van der Waals surface area contributed by atoms with Gasteiger partial charge in [-0.2, -0.15) is 20.7 Å². The van der Waals surface area contributed by atoms with E-state index in [1.165, 1.54) is 58.4 Å². The Morgan fingerprint density at radius 2 is 1.10 bits per heavy atom. The van der Waals surface area contributed by atoms with Crippen LogP contribution < -0.4 is 5.32 Å². The number of nitriles is 2. The molecule has 0 saturated carbocycles. The molecule has 73 heavy (non-hydrogen) atoms. The van der Waals surface area contributed by atoms with Crippen molar-refractivity contribution in [3.05, 3.63) is 147 Å². The lowest BCUT2D eigenvalue weighted by atomic mass is 10.1. The molecule has 8 heterocycles. The Morgan fingerprint density at radius 1 is 0.630 bits per heavy atom. The molecule has 1 atom stereocenters. The first kappa shape index (κ1) is 49.0.